The number of rotatable bonds is 4. The summed E-state index contributed by atoms with van der Waals surface area (Å²) in [6.07, 6.45) is -3.61. The Morgan fingerprint density at radius 2 is 1.96 bits per heavy atom. The first-order valence-corrected chi connectivity index (χ1v) is 8.05. The fourth-order valence-corrected chi connectivity index (χ4v) is 2.90. The van der Waals surface area contributed by atoms with Gasteiger partial charge in [0.15, 0.2) is 0 Å². The average molecular weight is 344 g/mol. The van der Waals surface area contributed by atoms with Crippen LogP contribution in [0.2, 0.25) is 0 Å². The number of carbonyl (C=O) groups excluding carboxylic acids is 1. The Labute approximate surface area is 139 Å². The number of hydrogen-bond donors (Lipinski definition) is 2. The zero-order valence-corrected chi connectivity index (χ0v) is 13.8. The standard InChI is InChI=1S/C17H23F3N2O2/c1-11(2)15(13-3-5-14(6-4-13)17(18,19)20)21-16(24)22-8-7-12(9-22)10-23/h3-6,11-12,15,23H,7-10H2,1-2H3,(H,21,24)/t12-,15+/m0/s1. The van der Waals surface area contributed by atoms with Gasteiger partial charge >= 0.3 is 12.2 Å². The van der Waals surface area contributed by atoms with Gasteiger partial charge in [-0.3, -0.25) is 0 Å². The number of alkyl halides is 3. The molecule has 1 heterocycles. The van der Waals surface area contributed by atoms with Crippen LogP contribution in [0.5, 0.6) is 0 Å². The van der Waals surface area contributed by atoms with Crippen molar-refractivity contribution in [3.05, 3.63) is 35.4 Å². The van der Waals surface area contributed by atoms with E-state index in [0.29, 0.717) is 18.7 Å². The number of aliphatic hydroxyl groups is 1. The van der Waals surface area contributed by atoms with Crippen molar-refractivity contribution in [2.45, 2.75) is 32.5 Å². The molecule has 2 rings (SSSR count). The number of benzene rings is 1. The van der Waals surface area contributed by atoms with Crippen molar-refractivity contribution in [1.29, 1.82) is 0 Å². The number of carbonyl (C=O) groups is 1. The number of likely N-dealkylation sites (tertiary alicyclic amines) is 1. The highest BCUT2D eigenvalue weighted by Gasteiger charge is 2.31. The van der Waals surface area contributed by atoms with Crippen molar-refractivity contribution in [2.24, 2.45) is 11.8 Å². The summed E-state index contributed by atoms with van der Waals surface area (Å²) in [5, 5.41) is 12.1. The van der Waals surface area contributed by atoms with E-state index < -0.39 is 11.7 Å². The monoisotopic (exact) mass is 344 g/mol. The number of aliphatic hydroxyl groups excluding tert-OH is 1. The number of amides is 2. The van der Waals surface area contributed by atoms with Crippen LogP contribution in [0.4, 0.5) is 18.0 Å². The van der Waals surface area contributed by atoms with Gasteiger partial charge in [0.05, 0.1) is 11.6 Å². The van der Waals surface area contributed by atoms with Gasteiger partial charge in [0, 0.05) is 25.6 Å². The Morgan fingerprint density at radius 1 is 1.33 bits per heavy atom. The van der Waals surface area contributed by atoms with E-state index >= 15 is 0 Å². The predicted octanol–water partition coefficient (Wildman–Crippen LogP) is 3.43. The molecule has 0 spiro atoms. The molecule has 134 valence electrons. The van der Waals surface area contributed by atoms with Gasteiger partial charge in [-0.25, -0.2) is 4.79 Å². The summed E-state index contributed by atoms with van der Waals surface area (Å²) in [6.45, 7) is 4.94. The third-order valence-corrected chi connectivity index (χ3v) is 4.37. The molecule has 0 unspecified atom stereocenters. The van der Waals surface area contributed by atoms with Crippen LogP contribution in [0.1, 0.15) is 37.4 Å². The first kappa shape index (κ1) is 18.6. The van der Waals surface area contributed by atoms with Crippen LogP contribution in [-0.2, 0) is 6.18 Å². The third-order valence-electron chi connectivity index (χ3n) is 4.37. The SMILES string of the molecule is CC(C)[C@@H](NC(=O)N1CC[C@H](CO)C1)c1ccc(C(F)(F)F)cc1. The lowest BCUT2D eigenvalue weighted by Crippen LogP contribution is -2.42. The minimum absolute atomic E-state index is 0.0296. The molecule has 2 atom stereocenters. The summed E-state index contributed by atoms with van der Waals surface area (Å²) in [6, 6.07) is 4.28. The number of halogens is 3. The fraction of sp³-hybridized carbons (Fsp3) is 0.588. The first-order chi connectivity index (χ1) is 11.2. The predicted molar refractivity (Wildman–Crippen MR) is 84.3 cm³/mol. The van der Waals surface area contributed by atoms with E-state index in [2.05, 4.69) is 5.32 Å². The Kier molecular flexibility index (Phi) is 5.74. The minimum atomic E-state index is -4.37. The second-order valence-electron chi connectivity index (χ2n) is 6.57. The summed E-state index contributed by atoms with van der Waals surface area (Å²) in [5.74, 6) is 0.126. The summed E-state index contributed by atoms with van der Waals surface area (Å²) in [7, 11) is 0. The molecule has 0 aromatic heterocycles. The number of hydrogen-bond acceptors (Lipinski definition) is 2. The van der Waals surface area contributed by atoms with E-state index in [1.165, 1.54) is 12.1 Å². The van der Waals surface area contributed by atoms with Gasteiger partial charge < -0.3 is 15.3 Å². The molecular formula is C17H23F3N2O2. The fourth-order valence-electron chi connectivity index (χ4n) is 2.90. The van der Waals surface area contributed by atoms with Gasteiger partial charge in [-0.2, -0.15) is 13.2 Å². The van der Waals surface area contributed by atoms with Gasteiger partial charge in [0.1, 0.15) is 0 Å². The van der Waals surface area contributed by atoms with Crippen LogP contribution in [0.3, 0.4) is 0 Å². The van der Waals surface area contributed by atoms with E-state index in [-0.39, 0.29) is 30.5 Å². The van der Waals surface area contributed by atoms with Crippen LogP contribution < -0.4 is 5.32 Å². The van der Waals surface area contributed by atoms with Gasteiger partial charge in [-0.05, 0) is 30.0 Å². The number of nitrogens with zero attached hydrogens (tertiary/aromatic N) is 1. The van der Waals surface area contributed by atoms with Crippen LogP contribution in [0, 0.1) is 11.8 Å². The molecule has 1 aromatic rings. The highest BCUT2D eigenvalue weighted by Crippen LogP contribution is 2.31. The zero-order valence-electron chi connectivity index (χ0n) is 13.8. The van der Waals surface area contributed by atoms with Crippen LogP contribution in [0.25, 0.3) is 0 Å². The van der Waals surface area contributed by atoms with Crippen molar-refractivity contribution < 1.29 is 23.1 Å². The Morgan fingerprint density at radius 3 is 2.42 bits per heavy atom. The van der Waals surface area contributed by atoms with Gasteiger partial charge in [-0.1, -0.05) is 26.0 Å². The lowest BCUT2D eigenvalue weighted by atomic mass is 9.95. The molecule has 7 heteroatoms. The molecule has 24 heavy (non-hydrogen) atoms. The molecule has 4 nitrogen and oxygen atoms in total. The van der Waals surface area contributed by atoms with E-state index in [1.807, 2.05) is 13.8 Å². The summed E-state index contributed by atoms with van der Waals surface area (Å²) in [5.41, 5.74) is -0.0605. The highest BCUT2D eigenvalue weighted by atomic mass is 19.4. The van der Waals surface area contributed by atoms with Crippen molar-refractivity contribution in [3.63, 3.8) is 0 Å². The average Bonchev–Trinajstić information content (AvgIpc) is 3.00. The lowest BCUT2D eigenvalue weighted by Gasteiger charge is -2.26. The first-order valence-electron chi connectivity index (χ1n) is 8.05. The van der Waals surface area contributed by atoms with Gasteiger partial charge in [-0.15, -0.1) is 0 Å². The van der Waals surface area contributed by atoms with Crippen molar-refractivity contribution in [1.82, 2.24) is 10.2 Å². The second kappa shape index (κ2) is 7.42. The van der Waals surface area contributed by atoms with E-state index in [9.17, 15) is 18.0 Å². The summed E-state index contributed by atoms with van der Waals surface area (Å²) in [4.78, 5) is 14.0. The van der Waals surface area contributed by atoms with Crippen LogP contribution in [-0.4, -0.2) is 35.7 Å². The summed E-state index contributed by atoms with van der Waals surface area (Å²) < 4.78 is 38.0. The Hall–Kier alpha value is -1.76. The maximum atomic E-state index is 12.7. The molecule has 1 fully saturated rings. The minimum Gasteiger partial charge on any atom is -0.396 e. The molecule has 1 aromatic carbocycles. The lowest BCUT2D eigenvalue weighted by molar-refractivity contribution is -0.137. The van der Waals surface area contributed by atoms with E-state index in [0.717, 1.165) is 18.6 Å². The van der Waals surface area contributed by atoms with Gasteiger partial charge in [0.25, 0.3) is 0 Å². The smallest absolute Gasteiger partial charge is 0.396 e. The maximum Gasteiger partial charge on any atom is 0.416 e. The van der Waals surface area contributed by atoms with Crippen molar-refractivity contribution in [2.75, 3.05) is 19.7 Å². The molecule has 0 bridgehead atoms. The van der Waals surface area contributed by atoms with Crippen LogP contribution in [0.15, 0.2) is 24.3 Å². The van der Waals surface area contributed by atoms with Crippen LogP contribution >= 0.6 is 0 Å². The topological polar surface area (TPSA) is 52.6 Å². The normalized spacial score (nSPS) is 19.6. The Bertz CT molecular complexity index is 558. The highest BCUT2D eigenvalue weighted by molar-refractivity contribution is 5.75. The second-order valence-corrected chi connectivity index (χ2v) is 6.57. The van der Waals surface area contributed by atoms with Gasteiger partial charge in [0.2, 0.25) is 0 Å². The third kappa shape index (κ3) is 4.41. The molecule has 2 amide bonds. The molecule has 1 aliphatic heterocycles. The largest absolute Gasteiger partial charge is 0.416 e. The Balaban J connectivity index is 2.08. The molecule has 0 aliphatic carbocycles. The number of urea groups is 1. The molecule has 0 saturated carbocycles. The van der Waals surface area contributed by atoms with Crippen molar-refractivity contribution in [3.8, 4) is 0 Å². The van der Waals surface area contributed by atoms with E-state index in [4.69, 9.17) is 5.11 Å². The zero-order chi connectivity index (χ0) is 17.9. The van der Waals surface area contributed by atoms with Crippen molar-refractivity contribution >= 4 is 6.03 Å². The quantitative estimate of drug-likeness (QED) is 0.879. The molecular weight excluding hydrogens is 321 g/mol. The molecule has 1 aliphatic rings. The maximum absolute atomic E-state index is 12.7. The number of nitrogens with one attached hydrogen (secondary N) is 1. The molecule has 2 N–H and O–H groups in total. The molecule has 0 radical (unpaired) electrons. The molecule has 1 saturated heterocycles. The summed E-state index contributed by atoms with van der Waals surface area (Å²) >= 11 is 0. The van der Waals surface area contributed by atoms with E-state index in [1.54, 1.807) is 4.90 Å².